The summed E-state index contributed by atoms with van der Waals surface area (Å²) in [5, 5.41) is 7.35. The second kappa shape index (κ2) is 5.24. The highest BCUT2D eigenvalue weighted by molar-refractivity contribution is 5.71. The zero-order chi connectivity index (χ0) is 9.52. The van der Waals surface area contributed by atoms with Gasteiger partial charge in [0, 0.05) is 6.07 Å². The summed E-state index contributed by atoms with van der Waals surface area (Å²) in [6.45, 7) is 2.73. The lowest BCUT2D eigenvalue weighted by Gasteiger charge is -2.01. The van der Waals surface area contributed by atoms with Gasteiger partial charge in [-0.2, -0.15) is 0 Å². The molecule has 0 N–H and O–H groups in total. The van der Waals surface area contributed by atoms with Crippen LogP contribution in [0.3, 0.4) is 0 Å². The summed E-state index contributed by atoms with van der Waals surface area (Å²) in [7, 11) is 0. The van der Waals surface area contributed by atoms with E-state index in [4.69, 9.17) is 4.74 Å². The van der Waals surface area contributed by atoms with Gasteiger partial charge in [0.05, 0.1) is 6.61 Å². The fraction of sp³-hybridized carbons (Fsp3) is 0.444. The molecule has 0 bridgehead atoms. The first-order valence-electron chi connectivity index (χ1n) is 4.28. The summed E-state index contributed by atoms with van der Waals surface area (Å²) >= 11 is 0. The van der Waals surface area contributed by atoms with Crippen molar-refractivity contribution in [3.8, 4) is 5.88 Å². The first-order valence-corrected chi connectivity index (χ1v) is 4.28. The maximum absolute atomic E-state index is 10.2. The molecule has 0 atom stereocenters. The van der Waals surface area contributed by atoms with E-state index in [1.165, 1.54) is 0 Å². The lowest BCUT2D eigenvalue weighted by molar-refractivity contribution is 0.111. The Bertz CT molecular complexity index is 259. The monoisotopic (exact) mass is 180 g/mol. The number of aldehydes is 1. The van der Waals surface area contributed by atoms with Gasteiger partial charge in [0.1, 0.15) is 5.69 Å². The highest BCUT2D eigenvalue weighted by atomic mass is 16.5. The van der Waals surface area contributed by atoms with E-state index >= 15 is 0 Å². The van der Waals surface area contributed by atoms with Gasteiger partial charge in [-0.25, -0.2) is 0 Å². The molecule has 0 aliphatic heterocycles. The molecule has 0 fully saturated rings. The van der Waals surface area contributed by atoms with Crippen LogP contribution in [0, 0.1) is 0 Å². The third-order valence-corrected chi connectivity index (χ3v) is 1.53. The van der Waals surface area contributed by atoms with Crippen molar-refractivity contribution >= 4 is 6.29 Å². The minimum atomic E-state index is 0.322. The summed E-state index contributed by atoms with van der Waals surface area (Å²) in [5.74, 6) is 0.471. The molecule has 1 aromatic heterocycles. The van der Waals surface area contributed by atoms with Gasteiger partial charge >= 0.3 is 0 Å². The minimum Gasteiger partial charge on any atom is -0.477 e. The molecule has 1 heterocycles. The molecule has 0 aromatic carbocycles. The van der Waals surface area contributed by atoms with E-state index in [0.717, 1.165) is 12.8 Å². The Hall–Kier alpha value is -1.45. The molecule has 0 aliphatic carbocycles. The molecule has 0 radical (unpaired) electrons. The van der Waals surface area contributed by atoms with E-state index in [0.29, 0.717) is 24.5 Å². The predicted molar refractivity (Wildman–Crippen MR) is 47.8 cm³/mol. The molecule has 70 valence electrons. The molecular weight excluding hydrogens is 168 g/mol. The quantitative estimate of drug-likeness (QED) is 0.508. The molecule has 1 aromatic rings. The van der Waals surface area contributed by atoms with Crippen molar-refractivity contribution < 1.29 is 9.53 Å². The number of carbonyl (C=O) groups is 1. The van der Waals surface area contributed by atoms with E-state index in [2.05, 4.69) is 17.1 Å². The Morgan fingerprint density at radius 1 is 1.46 bits per heavy atom. The van der Waals surface area contributed by atoms with Crippen LogP contribution in [-0.4, -0.2) is 23.1 Å². The van der Waals surface area contributed by atoms with Crippen LogP contribution in [0.2, 0.25) is 0 Å². The fourth-order valence-electron chi connectivity index (χ4n) is 0.791. The van der Waals surface area contributed by atoms with Gasteiger partial charge in [-0.05, 0) is 12.5 Å². The van der Waals surface area contributed by atoms with Crippen molar-refractivity contribution in [2.45, 2.75) is 19.8 Å². The van der Waals surface area contributed by atoms with Gasteiger partial charge in [-0.15, -0.1) is 10.2 Å². The van der Waals surface area contributed by atoms with Crippen LogP contribution in [0.4, 0.5) is 0 Å². The SMILES string of the molecule is CCCCOc1ccc(C=O)nn1. The number of ether oxygens (including phenoxy) is 1. The fourth-order valence-corrected chi connectivity index (χ4v) is 0.791. The van der Waals surface area contributed by atoms with Crippen LogP contribution < -0.4 is 4.74 Å². The Morgan fingerprint density at radius 3 is 2.85 bits per heavy atom. The number of unbranched alkanes of at least 4 members (excludes halogenated alkanes) is 1. The molecule has 0 saturated carbocycles. The molecular formula is C9H12N2O2. The van der Waals surface area contributed by atoms with E-state index in [1.54, 1.807) is 12.1 Å². The molecule has 13 heavy (non-hydrogen) atoms. The summed E-state index contributed by atoms with van der Waals surface area (Å²) < 4.78 is 5.26. The standard InChI is InChI=1S/C9H12N2O2/c1-2-3-6-13-9-5-4-8(7-12)10-11-9/h4-5,7H,2-3,6H2,1H3. The Labute approximate surface area is 76.9 Å². The van der Waals surface area contributed by atoms with E-state index in [-0.39, 0.29) is 0 Å². The van der Waals surface area contributed by atoms with Gasteiger partial charge in [0.2, 0.25) is 5.88 Å². The van der Waals surface area contributed by atoms with Gasteiger partial charge in [0.25, 0.3) is 0 Å². The lowest BCUT2D eigenvalue weighted by atomic mass is 10.4. The average Bonchev–Trinajstić information content (AvgIpc) is 2.19. The number of hydrogen-bond acceptors (Lipinski definition) is 4. The van der Waals surface area contributed by atoms with Crippen molar-refractivity contribution in [1.29, 1.82) is 0 Å². The molecule has 4 heteroatoms. The number of hydrogen-bond donors (Lipinski definition) is 0. The van der Waals surface area contributed by atoms with Gasteiger partial charge in [0.15, 0.2) is 6.29 Å². The van der Waals surface area contributed by atoms with Crippen LogP contribution in [-0.2, 0) is 0 Å². The molecule has 1 rings (SSSR count). The van der Waals surface area contributed by atoms with Crippen LogP contribution in [0.25, 0.3) is 0 Å². The summed E-state index contributed by atoms with van der Waals surface area (Å²) in [4.78, 5) is 10.2. The lowest BCUT2D eigenvalue weighted by Crippen LogP contribution is -2.00. The summed E-state index contributed by atoms with van der Waals surface area (Å²) in [6, 6.07) is 3.23. The van der Waals surface area contributed by atoms with Crippen molar-refractivity contribution in [1.82, 2.24) is 10.2 Å². The topological polar surface area (TPSA) is 52.1 Å². The molecule has 0 aliphatic rings. The van der Waals surface area contributed by atoms with Crippen molar-refractivity contribution in [2.24, 2.45) is 0 Å². The van der Waals surface area contributed by atoms with Gasteiger partial charge < -0.3 is 4.74 Å². The van der Waals surface area contributed by atoms with E-state index in [1.807, 2.05) is 0 Å². The summed E-state index contributed by atoms with van der Waals surface area (Å²) in [5.41, 5.74) is 0.322. The van der Waals surface area contributed by atoms with Crippen molar-refractivity contribution in [2.75, 3.05) is 6.61 Å². The predicted octanol–water partition coefficient (Wildman–Crippen LogP) is 1.47. The molecule has 4 nitrogen and oxygen atoms in total. The van der Waals surface area contributed by atoms with Crippen LogP contribution in [0.5, 0.6) is 5.88 Å². The number of nitrogens with zero attached hydrogens (tertiary/aromatic N) is 2. The van der Waals surface area contributed by atoms with E-state index in [9.17, 15) is 4.79 Å². The van der Waals surface area contributed by atoms with Gasteiger partial charge in [-0.1, -0.05) is 13.3 Å². The van der Waals surface area contributed by atoms with Crippen molar-refractivity contribution in [3.63, 3.8) is 0 Å². The highest BCUT2D eigenvalue weighted by Gasteiger charge is 1.96. The number of aromatic nitrogens is 2. The largest absolute Gasteiger partial charge is 0.477 e. The normalized spacial score (nSPS) is 9.62. The zero-order valence-electron chi connectivity index (χ0n) is 7.56. The van der Waals surface area contributed by atoms with E-state index < -0.39 is 0 Å². The molecule has 0 amide bonds. The molecule has 0 saturated heterocycles. The molecule has 0 spiro atoms. The summed E-state index contributed by atoms with van der Waals surface area (Å²) in [6.07, 6.45) is 2.74. The Kier molecular flexibility index (Phi) is 3.88. The smallest absolute Gasteiger partial charge is 0.233 e. The maximum Gasteiger partial charge on any atom is 0.233 e. The van der Waals surface area contributed by atoms with Crippen molar-refractivity contribution in [3.05, 3.63) is 17.8 Å². The first-order chi connectivity index (χ1) is 6.36. The Morgan fingerprint density at radius 2 is 2.31 bits per heavy atom. The Balaban J connectivity index is 2.44. The van der Waals surface area contributed by atoms with Crippen LogP contribution in [0.1, 0.15) is 30.3 Å². The van der Waals surface area contributed by atoms with Crippen LogP contribution in [0.15, 0.2) is 12.1 Å². The number of carbonyl (C=O) groups excluding carboxylic acids is 1. The molecule has 0 unspecified atom stereocenters. The maximum atomic E-state index is 10.2. The zero-order valence-corrected chi connectivity index (χ0v) is 7.56. The first kappa shape index (κ1) is 9.64. The third kappa shape index (κ3) is 3.19. The third-order valence-electron chi connectivity index (χ3n) is 1.53. The van der Waals surface area contributed by atoms with Crippen LogP contribution >= 0.6 is 0 Å². The highest BCUT2D eigenvalue weighted by Crippen LogP contribution is 2.04. The number of rotatable bonds is 5. The van der Waals surface area contributed by atoms with Gasteiger partial charge in [-0.3, -0.25) is 4.79 Å². The minimum absolute atomic E-state index is 0.322. The second-order valence-electron chi connectivity index (χ2n) is 2.62. The second-order valence-corrected chi connectivity index (χ2v) is 2.62. The average molecular weight is 180 g/mol.